The number of carbonyl (C=O) groups excluding carboxylic acids is 1. The Bertz CT molecular complexity index is 642. The molecule has 0 spiro atoms. The van der Waals surface area contributed by atoms with Crippen LogP contribution in [0, 0.1) is 0 Å². The fourth-order valence-corrected chi connectivity index (χ4v) is 2.21. The van der Waals surface area contributed by atoms with Crippen LogP contribution in [0.2, 0.25) is 5.02 Å². The molecular weight excluding hydrogens is 316 g/mol. The van der Waals surface area contributed by atoms with Gasteiger partial charge in [0.1, 0.15) is 0 Å². The number of benzene rings is 1. The third-order valence-electron chi connectivity index (χ3n) is 3.66. The maximum atomic E-state index is 12.3. The lowest BCUT2D eigenvalue weighted by molar-refractivity contribution is 0.183. The maximum Gasteiger partial charge on any atom is 0.322 e. The third-order valence-corrected chi connectivity index (χ3v) is 3.91. The van der Waals surface area contributed by atoms with E-state index in [0.29, 0.717) is 23.9 Å². The number of amides is 2. The molecule has 2 amide bonds. The number of carbonyl (C=O) groups is 1. The average Bonchev–Trinajstić information content (AvgIpc) is 2.99. The monoisotopic (exact) mass is 336 g/mol. The van der Waals surface area contributed by atoms with E-state index < -0.39 is 0 Å². The van der Waals surface area contributed by atoms with Crippen molar-refractivity contribution >= 4 is 23.3 Å². The van der Waals surface area contributed by atoms with E-state index in [1.54, 1.807) is 36.1 Å². The van der Waals surface area contributed by atoms with E-state index in [1.807, 2.05) is 31.2 Å². The summed E-state index contributed by atoms with van der Waals surface area (Å²) < 4.78 is 6.72. The van der Waals surface area contributed by atoms with E-state index in [9.17, 15) is 4.79 Å². The summed E-state index contributed by atoms with van der Waals surface area (Å²) in [6.45, 7) is 3.18. The highest BCUT2D eigenvalue weighted by Crippen LogP contribution is 2.21. The first-order valence-electron chi connectivity index (χ1n) is 7.32. The molecule has 0 aliphatic carbocycles. The first-order chi connectivity index (χ1) is 11.0. The van der Waals surface area contributed by atoms with Crippen molar-refractivity contribution in [2.45, 2.75) is 19.5 Å². The van der Waals surface area contributed by atoms with Crippen molar-refractivity contribution in [3.63, 3.8) is 0 Å². The van der Waals surface area contributed by atoms with Crippen LogP contribution in [0.5, 0.6) is 0 Å². The molecule has 6 nitrogen and oxygen atoms in total. The van der Waals surface area contributed by atoms with Gasteiger partial charge in [0.25, 0.3) is 0 Å². The second-order valence-electron chi connectivity index (χ2n) is 5.25. The van der Waals surface area contributed by atoms with Crippen molar-refractivity contribution in [2.24, 2.45) is 0 Å². The van der Waals surface area contributed by atoms with Crippen molar-refractivity contribution in [3.05, 3.63) is 47.2 Å². The first-order valence-corrected chi connectivity index (χ1v) is 7.69. The fraction of sp³-hybridized carbons (Fsp3) is 0.375. The van der Waals surface area contributed by atoms with Crippen LogP contribution >= 0.6 is 11.6 Å². The molecule has 1 atom stereocenters. The predicted molar refractivity (Wildman–Crippen MR) is 90.8 cm³/mol. The van der Waals surface area contributed by atoms with E-state index in [4.69, 9.17) is 16.3 Å². The Balaban J connectivity index is 1.96. The largest absolute Gasteiger partial charge is 0.383 e. The normalized spacial score (nSPS) is 12.0. The van der Waals surface area contributed by atoms with Gasteiger partial charge in [0.05, 0.1) is 31.1 Å². The molecule has 1 N–H and O–H groups in total. The molecule has 0 aliphatic rings. The van der Waals surface area contributed by atoms with Crippen LogP contribution in [0.4, 0.5) is 10.5 Å². The van der Waals surface area contributed by atoms with Gasteiger partial charge in [-0.3, -0.25) is 4.68 Å². The number of methoxy groups -OCH3 is 1. The highest BCUT2D eigenvalue weighted by atomic mass is 35.5. The SMILES string of the molecule is COCCn1cc(NC(=O)N(C)[C@@H](C)c2ccc(Cl)cc2)cn1. The Kier molecular flexibility index (Phi) is 6.01. The third kappa shape index (κ3) is 4.71. The molecule has 2 aromatic rings. The minimum atomic E-state index is -0.196. The topological polar surface area (TPSA) is 59.4 Å². The first kappa shape index (κ1) is 17.3. The summed E-state index contributed by atoms with van der Waals surface area (Å²) in [6.07, 6.45) is 3.39. The lowest BCUT2D eigenvalue weighted by atomic mass is 10.1. The van der Waals surface area contributed by atoms with E-state index in [-0.39, 0.29) is 12.1 Å². The molecule has 0 fully saturated rings. The second kappa shape index (κ2) is 7.99. The number of rotatable bonds is 6. The van der Waals surface area contributed by atoms with E-state index in [2.05, 4.69) is 10.4 Å². The second-order valence-corrected chi connectivity index (χ2v) is 5.69. The van der Waals surface area contributed by atoms with Crippen LogP contribution in [-0.2, 0) is 11.3 Å². The standard InChI is InChI=1S/C16H21ClN4O2/c1-12(13-4-6-14(17)7-5-13)20(2)16(22)19-15-10-18-21(11-15)8-9-23-3/h4-7,10-12H,8-9H2,1-3H3,(H,19,22)/t12-/m0/s1. The van der Waals surface area contributed by atoms with Gasteiger partial charge in [-0.15, -0.1) is 0 Å². The number of nitrogens with zero attached hydrogens (tertiary/aromatic N) is 3. The molecule has 124 valence electrons. The van der Waals surface area contributed by atoms with Gasteiger partial charge in [0.15, 0.2) is 0 Å². The summed E-state index contributed by atoms with van der Waals surface area (Å²) in [7, 11) is 3.39. The van der Waals surface area contributed by atoms with Gasteiger partial charge in [-0.05, 0) is 24.6 Å². The van der Waals surface area contributed by atoms with Gasteiger partial charge in [-0.2, -0.15) is 5.10 Å². The number of nitrogens with one attached hydrogen (secondary N) is 1. The zero-order valence-corrected chi connectivity index (χ0v) is 14.2. The summed E-state index contributed by atoms with van der Waals surface area (Å²) >= 11 is 5.89. The minimum absolute atomic E-state index is 0.0733. The van der Waals surface area contributed by atoms with Gasteiger partial charge in [-0.1, -0.05) is 23.7 Å². The van der Waals surface area contributed by atoms with E-state index >= 15 is 0 Å². The van der Waals surface area contributed by atoms with Gasteiger partial charge < -0.3 is 15.0 Å². The molecule has 0 aliphatic heterocycles. The minimum Gasteiger partial charge on any atom is -0.383 e. The summed E-state index contributed by atoms with van der Waals surface area (Å²) in [6, 6.07) is 7.20. The van der Waals surface area contributed by atoms with E-state index in [1.165, 1.54) is 0 Å². The summed E-state index contributed by atoms with van der Waals surface area (Å²) in [4.78, 5) is 14.0. The van der Waals surface area contributed by atoms with Gasteiger partial charge >= 0.3 is 6.03 Å². The molecule has 0 saturated heterocycles. The molecule has 1 aromatic heterocycles. The number of hydrogen-bond acceptors (Lipinski definition) is 3. The summed E-state index contributed by atoms with van der Waals surface area (Å²) in [5, 5.41) is 7.68. The van der Waals surface area contributed by atoms with Crippen molar-refractivity contribution in [1.82, 2.24) is 14.7 Å². The average molecular weight is 337 g/mol. The van der Waals surface area contributed by atoms with Crippen molar-refractivity contribution in [1.29, 1.82) is 0 Å². The van der Waals surface area contributed by atoms with Crippen molar-refractivity contribution in [2.75, 3.05) is 26.1 Å². The molecule has 0 unspecified atom stereocenters. The molecule has 7 heteroatoms. The number of ether oxygens (including phenoxy) is 1. The Hall–Kier alpha value is -2.05. The molecule has 0 saturated carbocycles. The number of halogens is 1. The zero-order chi connectivity index (χ0) is 16.8. The quantitative estimate of drug-likeness (QED) is 0.879. The highest BCUT2D eigenvalue weighted by molar-refractivity contribution is 6.30. The van der Waals surface area contributed by atoms with Crippen LogP contribution in [0.1, 0.15) is 18.5 Å². The van der Waals surface area contributed by atoms with Crippen molar-refractivity contribution in [3.8, 4) is 0 Å². The smallest absolute Gasteiger partial charge is 0.322 e. The number of urea groups is 1. The Morgan fingerprint density at radius 2 is 2.13 bits per heavy atom. The molecule has 0 bridgehead atoms. The number of hydrogen-bond donors (Lipinski definition) is 1. The van der Waals surface area contributed by atoms with Gasteiger partial charge in [0.2, 0.25) is 0 Å². The zero-order valence-electron chi connectivity index (χ0n) is 13.5. The fourth-order valence-electron chi connectivity index (χ4n) is 2.09. The molecule has 1 heterocycles. The predicted octanol–water partition coefficient (Wildman–Crippen LogP) is 3.41. The highest BCUT2D eigenvalue weighted by Gasteiger charge is 2.17. The Labute approximate surface area is 141 Å². The Morgan fingerprint density at radius 3 is 2.78 bits per heavy atom. The van der Waals surface area contributed by atoms with Crippen LogP contribution < -0.4 is 5.32 Å². The number of aromatic nitrogens is 2. The van der Waals surface area contributed by atoms with E-state index in [0.717, 1.165) is 5.56 Å². The summed E-state index contributed by atoms with van der Waals surface area (Å²) in [5.74, 6) is 0. The van der Waals surface area contributed by atoms with Crippen molar-refractivity contribution < 1.29 is 9.53 Å². The molecule has 23 heavy (non-hydrogen) atoms. The van der Waals surface area contributed by atoms with Crippen LogP contribution in [0.25, 0.3) is 0 Å². The molecule has 1 aromatic carbocycles. The van der Waals surface area contributed by atoms with Gasteiger partial charge in [-0.25, -0.2) is 4.79 Å². The van der Waals surface area contributed by atoms with Crippen LogP contribution in [0.3, 0.4) is 0 Å². The Morgan fingerprint density at radius 1 is 1.43 bits per heavy atom. The lowest BCUT2D eigenvalue weighted by Gasteiger charge is -2.25. The molecular formula is C16H21ClN4O2. The lowest BCUT2D eigenvalue weighted by Crippen LogP contribution is -2.33. The number of anilines is 1. The van der Waals surface area contributed by atoms with Crippen LogP contribution in [-0.4, -0.2) is 41.5 Å². The molecule has 0 radical (unpaired) electrons. The molecule has 2 rings (SSSR count). The summed E-state index contributed by atoms with van der Waals surface area (Å²) in [5.41, 5.74) is 1.67. The maximum absolute atomic E-state index is 12.3. The van der Waals surface area contributed by atoms with Crippen LogP contribution in [0.15, 0.2) is 36.7 Å². The van der Waals surface area contributed by atoms with Gasteiger partial charge in [0, 0.05) is 25.4 Å².